The number of oxazole rings is 1. The van der Waals surface area contributed by atoms with Crippen molar-refractivity contribution in [2.75, 3.05) is 7.11 Å². The maximum Gasteiger partial charge on any atom is 0.227 e. The van der Waals surface area contributed by atoms with Gasteiger partial charge in [-0.25, -0.2) is 4.98 Å². The van der Waals surface area contributed by atoms with E-state index in [-0.39, 0.29) is 0 Å². The summed E-state index contributed by atoms with van der Waals surface area (Å²) in [4.78, 5) is 4.52. The van der Waals surface area contributed by atoms with Crippen LogP contribution in [0.4, 0.5) is 0 Å². The lowest BCUT2D eigenvalue weighted by molar-refractivity contribution is 0.415. The third-order valence-corrected chi connectivity index (χ3v) is 3.83. The molecule has 1 aromatic heterocycles. The first kappa shape index (κ1) is 14.2. The van der Waals surface area contributed by atoms with Crippen molar-refractivity contribution in [3.8, 4) is 17.2 Å². The third-order valence-electron chi connectivity index (χ3n) is 3.27. The van der Waals surface area contributed by atoms with Gasteiger partial charge in [0.2, 0.25) is 5.89 Å². The van der Waals surface area contributed by atoms with Crippen LogP contribution in [0.25, 0.3) is 22.6 Å². The Morgan fingerprint density at radius 2 is 1.71 bits per heavy atom. The highest BCUT2D eigenvalue weighted by molar-refractivity contribution is 6.37. The Hall–Kier alpha value is -1.71. The SMILES string of the molecule is COc1c(Cl)cc(-c2nc3cc(C)cc(C)c3o2)cc1Cl. The lowest BCUT2D eigenvalue weighted by Gasteiger charge is -2.06. The van der Waals surface area contributed by atoms with E-state index in [0.29, 0.717) is 21.7 Å². The van der Waals surface area contributed by atoms with E-state index in [0.717, 1.165) is 27.8 Å². The molecular weight excluding hydrogens is 309 g/mol. The molecule has 0 aliphatic rings. The van der Waals surface area contributed by atoms with E-state index in [9.17, 15) is 0 Å². The summed E-state index contributed by atoms with van der Waals surface area (Å²) in [6.45, 7) is 4.03. The molecule has 0 saturated carbocycles. The highest BCUT2D eigenvalue weighted by Crippen LogP contribution is 2.38. The Balaban J connectivity index is 2.19. The van der Waals surface area contributed by atoms with Gasteiger partial charge in [0.15, 0.2) is 11.3 Å². The van der Waals surface area contributed by atoms with E-state index in [2.05, 4.69) is 11.1 Å². The number of fused-ring (bicyclic) bond motifs is 1. The van der Waals surface area contributed by atoms with Crippen LogP contribution in [0.3, 0.4) is 0 Å². The van der Waals surface area contributed by atoms with Gasteiger partial charge in [-0.3, -0.25) is 0 Å². The van der Waals surface area contributed by atoms with E-state index in [1.54, 1.807) is 12.1 Å². The molecule has 21 heavy (non-hydrogen) atoms. The molecule has 3 nitrogen and oxygen atoms in total. The zero-order chi connectivity index (χ0) is 15.1. The first-order valence-electron chi connectivity index (χ1n) is 6.41. The Morgan fingerprint density at radius 1 is 1.05 bits per heavy atom. The summed E-state index contributed by atoms with van der Waals surface area (Å²) in [6, 6.07) is 7.52. The van der Waals surface area contributed by atoms with Crippen LogP contribution in [0.2, 0.25) is 10.0 Å². The van der Waals surface area contributed by atoms with Gasteiger partial charge in [-0.05, 0) is 43.2 Å². The molecule has 0 aliphatic heterocycles. The second-order valence-corrected chi connectivity index (χ2v) is 5.74. The van der Waals surface area contributed by atoms with Crippen LogP contribution in [0.5, 0.6) is 5.75 Å². The van der Waals surface area contributed by atoms with Crippen molar-refractivity contribution < 1.29 is 9.15 Å². The maximum atomic E-state index is 6.16. The molecule has 2 aromatic carbocycles. The van der Waals surface area contributed by atoms with E-state index in [1.807, 2.05) is 19.9 Å². The standard InChI is InChI=1S/C16H13Cl2NO2/c1-8-4-9(2)14-13(5-8)19-16(21-14)10-6-11(17)15(20-3)12(18)7-10/h4-7H,1-3H3. The monoisotopic (exact) mass is 321 g/mol. The van der Waals surface area contributed by atoms with Crippen LogP contribution in [0, 0.1) is 13.8 Å². The van der Waals surface area contributed by atoms with Gasteiger partial charge in [-0.15, -0.1) is 0 Å². The molecule has 0 aliphatic carbocycles. The van der Waals surface area contributed by atoms with Gasteiger partial charge in [0, 0.05) is 5.56 Å². The van der Waals surface area contributed by atoms with Gasteiger partial charge in [-0.2, -0.15) is 0 Å². The molecule has 0 unspecified atom stereocenters. The number of rotatable bonds is 2. The minimum absolute atomic E-state index is 0.426. The summed E-state index contributed by atoms with van der Waals surface area (Å²) in [5.41, 5.74) is 4.52. The lowest BCUT2D eigenvalue weighted by Crippen LogP contribution is -1.87. The molecule has 5 heteroatoms. The third kappa shape index (κ3) is 2.47. The van der Waals surface area contributed by atoms with Crippen LogP contribution in [-0.2, 0) is 0 Å². The Labute approximate surface area is 132 Å². The molecule has 1 heterocycles. The molecule has 0 fully saturated rings. The average molecular weight is 322 g/mol. The summed E-state index contributed by atoms with van der Waals surface area (Å²) < 4.78 is 11.0. The number of halogens is 2. The van der Waals surface area contributed by atoms with Crippen LogP contribution < -0.4 is 4.74 Å². The van der Waals surface area contributed by atoms with Gasteiger partial charge < -0.3 is 9.15 Å². The second kappa shape index (κ2) is 5.24. The van der Waals surface area contributed by atoms with Crippen molar-refractivity contribution in [2.45, 2.75) is 13.8 Å². The minimum Gasteiger partial charge on any atom is -0.494 e. The van der Waals surface area contributed by atoms with Crippen LogP contribution in [0.15, 0.2) is 28.7 Å². The summed E-state index contributed by atoms with van der Waals surface area (Å²) in [6.07, 6.45) is 0. The summed E-state index contributed by atoms with van der Waals surface area (Å²) >= 11 is 12.3. The fourth-order valence-corrected chi connectivity index (χ4v) is 3.02. The number of aromatic nitrogens is 1. The van der Waals surface area contributed by atoms with E-state index in [1.165, 1.54) is 7.11 Å². The first-order chi connectivity index (χ1) is 9.99. The number of benzene rings is 2. The van der Waals surface area contributed by atoms with Crippen molar-refractivity contribution >= 4 is 34.3 Å². The number of hydrogen-bond donors (Lipinski definition) is 0. The Bertz CT molecular complexity index is 817. The molecule has 0 N–H and O–H groups in total. The maximum absolute atomic E-state index is 6.16. The average Bonchev–Trinajstić information content (AvgIpc) is 2.82. The quantitative estimate of drug-likeness (QED) is 0.631. The molecule has 0 radical (unpaired) electrons. The first-order valence-corrected chi connectivity index (χ1v) is 7.16. The molecule has 3 rings (SSSR count). The summed E-state index contributed by atoms with van der Waals surface area (Å²) in [7, 11) is 1.53. The van der Waals surface area contributed by atoms with Gasteiger partial charge in [-0.1, -0.05) is 29.3 Å². The number of hydrogen-bond acceptors (Lipinski definition) is 3. The van der Waals surface area contributed by atoms with Crippen molar-refractivity contribution in [1.82, 2.24) is 4.98 Å². The molecule has 0 saturated heterocycles. The highest BCUT2D eigenvalue weighted by Gasteiger charge is 2.15. The number of ether oxygens (including phenoxy) is 1. The zero-order valence-corrected chi connectivity index (χ0v) is 13.3. The minimum atomic E-state index is 0.426. The van der Waals surface area contributed by atoms with Gasteiger partial charge in [0.1, 0.15) is 5.52 Å². The topological polar surface area (TPSA) is 35.3 Å². The fourth-order valence-electron chi connectivity index (χ4n) is 2.38. The number of aryl methyl sites for hydroxylation is 2. The van der Waals surface area contributed by atoms with Crippen molar-refractivity contribution in [2.24, 2.45) is 0 Å². The molecule has 0 amide bonds. The molecule has 3 aromatic rings. The van der Waals surface area contributed by atoms with Gasteiger partial charge in [0.25, 0.3) is 0 Å². The van der Waals surface area contributed by atoms with E-state index < -0.39 is 0 Å². The van der Waals surface area contributed by atoms with E-state index >= 15 is 0 Å². The molecule has 108 valence electrons. The normalized spacial score (nSPS) is 11.1. The predicted octanol–water partition coefficient (Wildman–Crippen LogP) is 5.43. The molecule has 0 atom stereocenters. The van der Waals surface area contributed by atoms with Gasteiger partial charge >= 0.3 is 0 Å². The second-order valence-electron chi connectivity index (χ2n) is 4.92. The number of nitrogens with zero attached hydrogens (tertiary/aromatic N) is 1. The molecule has 0 spiro atoms. The number of methoxy groups -OCH3 is 1. The molecule has 0 bridgehead atoms. The summed E-state index contributed by atoms with van der Waals surface area (Å²) in [5, 5.41) is 0.852. The Morgan fingerprint density at radius 3 is 2.33 bits per heavy atom. The van der Waals surface area contributed by atoms with Crippen LogP contribution in [0.1, 0.15) is 11.1 Å². The largest absolute Gasteiger partial charge is 0.494 e. The fraction of sp³-hybridized carbons (Fsp3) is 0.188. The van der Waals surface area contributed by atoms with E-state index in [4.69, 9.17) is 32.4 Å². The predicted molar refractivity (Wildman–Crippen MR) is 85.5 cm³/mol. The van der Waals surface area contributed by atoms with Crippen molar-refractivity contribution in [3.05, 3.63) is 45.4 Å². The van der Waals surface area contributed by atoms with Crippen molar-refractivity contribution in [1.29, 1.82) is 0 Å². The van der Waals surface area contributed by atoms with Crippen LogP contribution in [-0.4, -0.2) is 12.1 Å². The summed E-state index contributed by atoms with van der Waals surface area (Å²) in [5.74, 6) is 0.940. The Kier molecular flexibility index (Phi) is 3.56. The van der Waals surface area contributed by atoms with Gasteiger partial charge in [0.05, 0.1) is 17.2 Å². The lowest BCUT2D eigenvalue weighted by atomic mass is 10.1. The van der Waals surface area contributed by atoms with Crippen LogP contribution >= 0.6 is 23.2 Å². The zero-order valence-electron chi connectivity index (χ0n) is 11.8. The molecular formula is C16H13Cl2NO2. The van der Waals surface area contributed by atoms with Crippen molar-refractivity contribution in [3.63, 3.8) is 0 Å². The highest BCUT2D eigenvalue weighted by atomic mass is 35.5. The smallest absolute Gasteiger partial charge is 0.227 e.